The molecule has 1 aromatic heterocycles. The molecule has 0 fully saturated rings. The van der Waals surface area contributed by atoms with Gasteiger partial charge in [0.25, 0.3) is 0 Å². The monoisotopic (exact) mass is 235 g/mol. The first-order chi connectivity index (χ1) is 7.72. The zero-order chi connectivity index (χ0) is 11.5. The maximum Gasteiger partial charge on any atom is 0.316 e. The predicted octanol–water partition coefficient (Wildman–Crippen LogP) is 2.44. The molecule has 2 rings (SSSR count). The number of methoxy groups -OCH3 is 1. The van der Waals surface area contributed by atoms with E-state index in [9.17, 15) is 4.79 Å². The number of carbonyl (C=O) groups is 1. The van der Waals surface area contributed by atoms with Gasteiger partial charge in [-0.1, -0.05) is 30.0 Å². The van der Waals surface area contributed by atoms with Gasteiger partial charge in [0.15, 0.2) is 0 Å². The van der Waals surface area contributed by atoms with Gasteiger partial charge < -0.3 is 9.30 Å². The Morgan fingerprint density at radius 1 is 1.44 bits per heavy atom. The normalized spacial score (nSPS) is 10.6. The number of nitrogens with zero attached hydrogens (tertiary/aromatic N) is 1. The SMILES string of the molecule is COC(=O)CSc1cc2ccccc2n1C. The summed E-state index contributed by atoms with van der Waals surface area (Å²) in [5.41, 5.74) is 1.18. The lowest BCUT2D eigenvalue weighted by Gasteiger charge is -2.02. The fraction of sp³-hybridized carbons (Fsp3) is 0.250. The number of rotatable bonds is 3. The summed E-state index contributed by atoms with van der Waals surface area (Å²) in [7, 11) is 3.41. The summed E-state index contributed by atoms with van der Waals surface area (Å²) in [4.78, 5) is 11.1. The highest BCUT2D eigenvalue weighted by atomic mass is 32.2. The smallest absolute Gasteiger partial charge is 0.316 e. The molecule has 4 heteroatoms. The van der Waals surface area contributed by atoms with Crippen LogP contribution < -0.4 is 0 Å². The molecule has 0 radical (unpaired) electrons. The largest absolute Gasteiger partial charge is 0.468 e. The van der Waals surface area contributed by atoms with E-state index in [0.717, 1.165) is 5.03 Å². The van der Waals surface area contributed by atoms with Gasteiger partial charge in [-0.05, 0) is 12.1 Å². The maximum atomic E-state index is 11.1. The van der Waals surface area contributed by atoms with Crippen LogP contribution in [0, 0.1) is 0 Å². The van der Waals surface area contributed by atoms with Gasteiger partial charge in [-0.15, -0.1) is 0 Å². The summed E-state index contributed by atoms with van der Waals surface area (Å²) in [6, 6.07) is 10.2. The Bertz CT molecular complexity index is 519. The van der Waals surface area contributed by atoms with E-state index in [0.29, 0.717) is 5.75 Å². The lowest BCUT2D eigenvalue weighted by Crippen LogP contribution is -2.03. The lowest BCUT2D eigenvalue weighted by molar-refractivity contribution is -0.137. The van der Waals surface area contributed by atoms with Gasteiger partial charge in [0.1, 0.15) is 0 Å². The molecule has 0 bridgehead atoms. The van der Waals surface area contributed by atoms with Crippen LogP contribution >= 0.6 is 11.8 Å². The van der Waals surface area contributed by atoms with E-state index in [-0.39, 0.29) is 5.97 Å². The van der Waals surface area contributed by atoms with Crippen molar-refractivity contribution >= 4 is 28.6 Å². The number of carbonyl (C=O) groups excluding carboxylic acids is 1. The van der Waals surface area contributed by atoms with E-state index >= 15 is 0 Å². The van der Waals surface area contributed by atoms with Gasteiger partial charge in [-0.3, -0.25) is 4.79 Å². The molecule has 0 aliphatic rings. The Labute approximate surface area is 98.4 Å². The Morgan fingerprint density at radius 3 is 2.88 bits per heavy atom. The molecule has 0 amide bonds. The summed E-state index contributed by atoms with van der Waals surface area (Å²) < 4.78 is 6.70. The predicted molar refractivity (Wildman–Crippen MR) is 65.7 cm³/mol. The summed E-state index contributed by atoms with van der Waals surface area (Å²) in [6.45, 7) is 0. The Hall–Kier alpha value is -1.42. The van der Waals surface area contributed by atoms with Crippen LogP contribution in [0.3, 0.4) is 0 Å². The van der Waals surface area contributed by atoms with E-state index in [1.807, 2.05) is 19.2 Å². The minimum atomic E-state index is -0.199. The first-order valence-electron chi connectivity index (χ1n) is 4.96. The molecule has 1 aromatic carbocycles. The summed E-state index contributed by atoms with van der Waals surface area (Å²) in [5.74, 6) is 0.149. The van der Waals surface area contributed by atoms with Crippen molar-refractivity contribution in [1.29, 1.82) is 0 Å². The second-order valence-electron chi connectivity index (χ2n) is 3.47. The van der Waals surface area contributed by atoms with E-state index in [1.54, 1.807) is 0 Å². The number of thioether (sulfide) groups is 1. The molecule has 0 unspecified atom stereocenters. The van der Waals surface area contributed by atoms with E-state index in [2.05, 4.69) is 27.5 Å². The molecular formula is C12H13NO2S. The Kier molecular flexibility index (Phi) is 3.19. The third kappa shape index (κ3) is 2.07. The third-order valence-electron chi connectivity index (χ3n) is 2.47. The van der Waals surface area contributed by atoms with Crippen molar-refractivity contribution in [3.8, 4) is 0 Å². The number of ether oxygens (including phenoxy) is 1. The lowest BCUT2D eigenvalue weighted by atomic mass is 10.2. The summed E-state index contributed by atoms with van der Waals surface area (Å²) in [6.07, 6.45) is 0. The number of para-hydroxylation sites is 1. The first kappa shape index (κ1) is 11.1. The molecule has 0 saturated heterocycles. The van der Waals surface area contributed by atoms with Crippen molar-refractivity contribution in [3.63, 3.8) is 0 Å². The quantitative estimate of drug-likeness (QED) is 0.605. The zero-order valence-corrected chi connectivity index (χ0v) is 10.1. The standard InChI is InChI=1S/C12H13NO2S/c1-13-10-6-4-3-5-9(10)7-11(13)16-8-12(14)15-2/h3-7H,8H2,1-2H3. The fourth-order valence-electron chi connectivity index (χ4n) is 1.59. The highest BCUT2D eigenvalue weighted by Gasteiger charge is 2.08. The average Bonchev–Trinajstić information content (AvgIpc) is 2.64. The minimum absolute atomic E-state index is 0.199. The van der Waals surface area contributed by atoms with Gasteiger partial charge in [0, 0.05) is 18.0 Å². The number of hydrogen-bond donors (Lipinski definition) is 0. The van der Waals surface area contributed by atoms with Gasteiger partial charge >= 0.3 is 5.97 Å². The van der Waals surface area contributed by atoms with Crippen LogP contribution in [-0.2, 0) is 16.6 Å². The van der Waals surface area contributed by atoms with Gasteiger partial charge in [-0.25, -0.2) is 0 Å². The maximum absolute atomic E-state index is 11.1. The van der Waals surface area contributed by atoms with Gasteiger partial charge in [0.2, 0.25) is 0 Å². The molecule has 3 nitrogen and oxygen atoms in total. The van der Waals surface area contributed by atoms with Crippen molar-refractivity contribution < 1.29 is 9.53 Å². The molecule has 0 N–H and O–H groups in total. The van der Waals surface area contributed by atoms with Gasteiger partial charge in [-0.2, -0.15) is 0 Å². The molecular weight excluding hydrogens is 222 g/mol. The second kappa shape index (κ2) is 4.61. The number of fused-ring (bicyclic) bond motifs is 1. The third-order valence-corrected chi connectivity index (χ3v) is 3.54. The molecule has 0 saturated carbocycles. The van der Waals surface area contributed by atoms with Crippen LogP contribution in [0.4, 0.5) is 0 Å². The van der Waals surface area contributed by atoms with Crippen molar-refractivity contribution in [2.24, 2.45) is 7.05 Å². The van der Waals surface area contributed by atoms with E-state index in [1.165, 1.54) is 29.8 Å². The number of aromatic nitrogens is 1. The number of aryl methyl sites for hydroxylation is 1. The summed E-state index contributed by atoms with van der Waals surface area (Å²) in [5, 5.41) is 2.27. The zero-order valence-electron chi connectivity index (χ0n) is 9.27. The average molecular weight is 235 g/mol. The molecule has 84 valence electrons. The van der Waals surface area contributed by atoms with Crippen molar-refractivity contribution in [3.05, 3.63) is 30.3 Å². The summed E-state index contributed by atoms with van der Waals surface area (Å²) >= 11 is 1.49. The van der Waals surface area contributed by atoms with E-state index in [4.69, 9.17) is 0 Å². The number of hydrogen-bond acceptors (Lipinski definition) is 3. The number of esters is 1. The molecule has 0 atom stereocenters. The van der Waals surface area contributed by atoms with Crippen LogP contribution in [-0.4, -0.2) is 23.4 Å². The second-order valence-corrected chi connectivity index (χ2v) is 4.46. The number of benzene rings is 1. The first-order valence-corrected chi connectivity index (χ1v) is 5.95. The highest BCUT2D eigenvalue weighted by Crippen LogP contribution is 2.26. The Balaban J connectivity index is 2.24. The molecule has 2 aromatic rings. The highest BCUT2D eigenvalue weighted by molar-refractivity contribution is 7.99. The molecule has 0 aliphatic heterocycles. The van der Waals surface area contributed by atoms with Crippen LogP contribution in [0.2, 0.25) is 0 Å². The fourth-order valence-corrected chi connectivity index (χ4v) is 2.48. The molecule has 0 spiro atoms. The Morgan fingerprint density at radius 2 is 2.19 bits per heavy atom. The minimum Gasteiger partial charge on any atom is -0.468 e. The van der Waals surface area contributed by atoms with Crippen LogP contribution in [0.1, 0.15) is 0 Å². The van der Waals surface area contributed by atoms with Crippen LogP contribution in [0.5, 0.6) is 0 Å². The molecule has 0 aliphatic carbocycles. The van der Waals surface area contributed by atoms with Crippen LogP contribution in [0.15, 0.2) is 35.4 Å². The van der Waals surface area contributed by atoms with E-state index < -0.39 is 0 Å². The topological polar surface area (TPSA) is 31.2 Å². The van der Waals surface area contributed by atoms with Crippen molar-refractivity contribution in [2.45, 2.75) is 5.03 Å². The van der Waals surface area contributed by atoms with Gasteiger partial charge in [0.05, 0.1) is 17.9 Å². The molecule has 1 heterocycles. The van der Waals surface area contributed by atoms with Crippen molar-refractivity contribution in [2.75, 3.05) is 12.9 Å². The van der Waals surface area contributed by atoms with Crippen molar-refractivity contribution in [1.82, 2.24) is 4.57 Å². The molecule has 16 heavy (non-hydrogen) atoms. The van der Waals surface area contributed by atoms with Crippen LogP contribution in [0.25, 0.3) is 10.9 Å².